The number of hydrogen-bond donors (Lipinski definition) is 8. The molecule has 0 saturated carbocycles. The standard InChI is InChI=1S/C14H24N4O8.C9H16N2O4/c15-7(4-19)11(20)24-5-8(16)12(21)26-13(22)9(17)6-25-14(23)10-2-1-3-18-10;1-5(7(10)8(12)13)15-9(14)6-3-2-4-11-6/h7-10,18-19H,1-6,15-17H2;5-7,11H,2-4,10H2,1H3,(H,12,13)/t7-,8-,9-,10-;5-,6+,7+/m01/s1. The van der Waals surface area contributed by atoms with E-state index in [9.17, 15) is 28.8 Å². The Morgan fingerprint density at radius 3 is 1.71 bits per heavy atom. The van der Waals surface area contributed by atoms with E-state index in [0.29, 0.717) is 13.0 Å². The fourth-order valence-corrected chi connectivity index (χ4v) is 3.32. The first kappa shape index (κ1) is 35.8. The Morgan fingerprint density at radius 1 is 0.780 bits per heavy atom. The van der Waals surface area contributed by atoms with E-state index in [-0.39, 0.29) is 6.04 Å². The van der Waals surface area contributed by atoms with Crippen molar-refractivity contribution in [1.29, 1.82) is 0 Å². The van der Waals surface area contributed by atoms with Gasteiger partial charge in [0, 0.05) is 0 Å². The van der Waals surface area contributed by atoms with Crippen molar-refractivity contribution < 1.29 is 57.9 Å². The first-order chi connectivity index (χ1) is 19.3. The number of rotatable bonds is 13. The summed E-state index contributed by atoms with van der Waals surface area (Å²) in [6.07, 6.45) is 2.32. The molecule has 2 aliphatic rings. The third-order valence-electron chi connectivity index (χ3n) is 5.90. The first-order valence-electron chi connectivity index (χ1n) is 12.9. The van der Waals surface area contributed by atoms with Crippen molar-refractivity contribution in [2.45, 2.75) is 75.0 Å². The fourth-order valence-electron chi connectivity index (χ4n) is 3.32. The highest BCUT2D eigenvalue weighted by Crippen LogP contribution is 2.09. The van der Waals surface area contributed by atoms with Crippen LogP contribution in [0.5, 0.6) is 0 Å². The van der Waals surface area contributed by atoms with Gasteiger partial charge in [0.15, 0.2) is 0 Å². The van der Waals surface area contributed by atoms with Crippen molar-refractivity contribution in [3.05, 3.63) is 0 Å². The number of carbonyl (C=O) groups excluding carboxylic acids is 5. The molecule has 0 radical (unpaired) electrons. The molecule has 18 heteroatoms. The molecule has 41 heavy (non-hydrogen) atoms. The Morgan fingerprint density at radius 2 is 1.27 bits per heavy atom. The lowest BCUT2D eigenvalue weighted by molar-refractivity contribution is -0.164. The molecule has 0 aromatic heterocycles. The van der Waals surface area contributed by atoms with Crippen LogP contribution in [0.15, 0.2) is 0 Å². The SMILES string of the molecule is C[C@@H](OC(=O)[C@@H]1CCCN1)[C@H](N)C(=O)O.N[C@@H](CO)C(=O)OC[C@H](N)C(=O)OC(=O)[C@@H](N)COC(=O)[C@@H]1CCCN1. The lowest BCUT2D eigenvalue weighted by Crippen LogP contribution is -2.45. The fraction of sp³-hybridized carbons (Fsp3) is 0.739. The molecule has 0 amide bonds. The number of nitrogens with two attached hydrogens (primary N) is 4. The number of aliphatic carboxylic acids is 1. The third-order valence-corrected chi connectivity index (χ3v) is 5.90. The van der Waals surface area contributed by atoms with Crippen LogP contribution >= 0.6 is 0 Å². The lowest BCUT2D eigenvalue weighted by Gasteiger charge is -2.19. The summed E-state index contributed by atoms with van der Waals surface area (Å²) in [6.45, 7) is 1.27. The van der Waals surface area contributed by atoms with E-state index in [1.54, 1.807) is 0 Å². The van der Waals surface area contributed by atoms with E-state index < -0.39 is 91.9 Å². The van der Waals surface area contributed by atoms with Crippen LogP contribution in [0, 0.1) is 0 Å². The molecule has 2 aliphatic heterocycles. The van der Waals surface area contributed by atoms with Crippen LogP contribution in [-0.2, 0) is 47.7 Å². The molecule has 2 fully saturated rings. The maximum atomic E-state index is 11.7. The topological polar surface area (TPSA) is 308 Å². The Bertz CT molecular complexity index is 910. The molecular formula is C23H40N6O12. The molecule has 2 rings (SSSR count). The molecule has 7 atom stereocenters. The largest absolute Gasteiger partial charge is 0.480 e. The van der Waals surface area contributed by atoms with Crippen LogP contribution in [-0.4, -0.2) is 121 Å². The van der Waals surface area contributed by atoms with Crippen LogP contribution in [0.2, 0.25) is 0 Å². The van der Waals surface area contributed by atoms with E-state index in [1.807, 2.05) is 0 Å². The molecule has 12 N–H and O–H groups in total. The van der Waals surface area contributed by atoms with Gasteiger partial charge in [-0.05, 0) is 45.7 Å². The summed E-state index contributed by atoms with van der Waals surface area (Å²) >= 11 is 0. The van der Waals surface area contributed by atoms with E-state index >= 15 is 0 Å². The minimum Gasteiger partial charge on any atom is -0.480 e. The molecule has 2 saturated heterocycles. The van der Waals surface area contributed by atoms with Crippen molar-refractivity contribution in [1.82, 2.24) is 10.6 Å². The Labute approximate surface area is 235 Å². The van der Waals surface area contributed by atoms with Crippen molar-refractivity contribution in [2.75, 3.05) is 32.9 Å². The molecule has 0 spiro atoms. The van der Waals surface area contributed by atoms with Gasteiger partial charge in [-0.2, -0.15) is 0 Å². The summed E-state index contributed by atoms with van der Waals surface area (Å²) < 4.78 is 18.9. The van der Waals surface area contributed by atoms with Crippen molar-refractivity contribution in [2.24, 2.45) is 22.9 Å². The van der Waals surface area contributed by atoms with Gasteiger partial charge in [-0.3, -0.25) is 19.2 Å². The van der Waals surface area contributed by atoms with Gasteiger partial charge < -0.3 is 62.7 Å². The van der Waals surface area contributed by atoms with Crippen LogP contribution in [0.25, 0.3) is 0 Å². The average molecular weight is 593 g/mol. The van der Waals surface area contributed by atoms with Gasteiger partial charge in [-0.25, -0.2) is 9.59 Å². The smallest absolute Gasteiger partial charge is 0.334 e. The molecule has 0 aromatic rings. The molecule has 234 valence electrons. The van der Waals surface area contributed by atoms with E-state index in [0.717, 1.165) is 25.8 Å². The van der Waals surface area contributed by atoms with Crippen molar-refractivity contribution in [3.8, 4) is 0 Å². The zero-order valence-electron chi connectivity index (χ0n) is 22.7. The zero-order valence-corrected chi connectivity index (χ0v) is 22.7. The second kappa shape index (κ2) is 18.2. The van der Waals surface area contributed by atoms with Crippen LogP contribution < -0.4 is 33.6 Å². The van der Waals surface area contributed by atoms with Crippen LogP contribution in [0.1, 0.15) is 32.6 Å². The number of aliphatic hydroxyl groups is 1. The maximum Gasteiger partial charge on any atom is 0.334 e. The van der Waals surface area contributed by atoms with E-state index in [4.69, 9.17) is 42.6 Å². The highest BCUT2D eigenvalue weighted by molar-refractivity contribution is 5.91. The Kier molecular flexibility index (Phi) is 15.9. The number of ether oxygens (including phenoxy) is 4. The molecule has 2 heterocycles. The first-order valence-corrected chi connectivity index (χ1v) is 12.9. The van der Waals surface area contributed by atoms with Crippen LogP contribution in [0.3, 0.4) is 0 Å². The summed E-state index contributed by atoms with van der Waals surface area (Å²) in [4.78, 5) is 68.2. The van der Waals surface area contributed by atoms with Crippen LogP contribution in [0.4, 0.5) is 0 Å². The number of hydrogen-bond acceptors (Lipinski definition) is 17. The summed E-state index contributed by atoms with van der Waals surface area (Å²) in [5.74, 6) is -5.42. The minimum atomic E-state index is -1.45. The molecule has 0 aliphatic carbocycles. The summed E-state index contributed by atoms with van der Waals surface area (Å²) in [5, 5.41) is 23.2. The molecular weight excluding hydrogens is 552 g/mol. The van der Waals surface area contributed by atoms with E-state index in [1.165, 1.54) is 6.92 Å². The predicted molar refractivity (Wildman–Crippen MR) is 137 cm³/mol. The summed E-state index contributed by atoms with van der Waals surface area (Å²) in [6, 6.07) is -6.01. The minimum absolute atomic E-state index is 0.312. The number of carboxylic acids is 1. The monoisotopic (exact) mass is 592 g/mol. The summed E-state index contributed by atoms with van der Waals surface area (Å²) in [5.41, 5.74) is 21.4. The third kappa shape index (κ3) is 12.9. The highest BCUT2D eigenvalue weighted by Gasteiger charge is 2.30. The quantitative estimate of drug-likeness (QED) is 0.0563. The highest BCUT2D eigenvalue weighted by atomic mass is 16.6. The van der Waals surface area contributed by atoms with Crippen molar-refractivity contribution in [3.63, 3.8) is 0 Å². The van der Waals surface area contributed by atoms with Gasteiger partial charge in [0.05, 0.1) is 6.61 Å². The zero-order chi connectivity index (χ0) is 31.1. The number of nitrogens with one attached hydrogen (secondary N) is 2. The Hall–Kier alpha value is -3.26. The second-order valence-electron chi connectivity index (χ2n) is 9.31. The molecule has 18 nitrogen and oxygen atoms in total. The predicted octanol–water partition coefficient (Wildman–Crippen LogP) is -5.05. The molecule has 0 aromatic carbocycles. The normalized spacial score (nSPS) is 21.6. The van der Waals surface area contributed by atoms with Gasteiger partial charge in [-0.15, -0.1) is 0 Å². The molecule has 0 unspecified atom stereocenters. The van der Waals surface area contributed by atoms with Gasteiger partial charge in [0.1, 0.15) is 55.6 Å². The van der Waals surface area contributed by atoms with Gasteiger partial charge >= 0.3 is 35.8 Å². The number of carboxylic acid groups (broad SMARTS) is 1. The van der Waals surface area contributed by atoms with Gasteiger partial charge in [0.2, 0.25) is 0 Å². The number of aliphatic hydroxyl groups excluding tert-OH is 1. The number of esters is 5. The van der Waals surface area contributed by atoms with E-state index in [2.05, 4.69) is 20.1 Å². The number of carbonyl (C=O) groups is 6. The lowest BCUT2D eigenvalue weighted by atomic mass is 10.2. The summed E-state index contributed by atoms with van der Waals surface area (Å²) in [7, 11) is 0. The second-order valence-corrected chi connectivity index (χ2v) is 9.31. The van der Waals surface area contributed by atoms with Gasteiger partial charge in [-0.1, -0.05) is 0 Å². The van der Waals surface area contributed by atoms with Gasteiger partial charge in [0.25, 0.3) is 0 Å². The average Bonchev–Trinajstić information content (AvgIpc) is 3.68. The van der Waals surface area contributed by atoms with Crippen molar-refractivity contribution >= 4 is 35.8 Å². The molecule has 0 bridgehead atoms. The maximum absolute atomic E-state index is 11.7. The Balaban J connectivity index is 0.000000474.